The number of nitrogens with one attached hydrogen (secondary N) is 1. The van der Waals surface area contributed by atoms with Gasteiger partial charge in [-0.3, -0.25) is 9.69 Å². The van der Waals surface area contributed by atoms with Crippen LogP contribution in [-0.2, 0) is 9.53 Å². The number of hydrazone groups is 1. The van der Waals surface area contributed by atoms with Crippen LogP contribution in [-0.4, -0.2) is 49.9 Å². The molecule has 2 aromatic rings. The third-order valence-electron chi connectivity index (χ3n) is 3.69. The molecule has 1 heterocycles. The highest BCUT2D eigenvalue weighted by molar-refractivity contribution is 5.99. The summed E-state index contributed by atoms with van der Waals surface area (Å²) in [4.78, 5) is 13.9. The number of hydrogen-bond acceptors (Lipinski definition) is 4. The van der Waals surface area contributed by atoms with E-state index in [2.05, 4.69) is 27.6 Å². The smallest absolute Gasteiger partial charge is 0.254 e. The first-order valence-corrected chi connectivity index (χ1v) is 7.43. The van der Waals surface area contributed by atoms with Crippen LogP contribution in [0.5, 0.6) is 0 Å². The van der Waals surface area contributed by atoms with Gasteiger partial charge in [0.1, 0.15) is 0 Å². The van der Waals surface area contributed by atoms with Gasteiger partial charge in [-0.2, -0.15) is 5.10 Å². The quantitative estimate of drug-likeness (QED) is 0.689. The van der Waals surface area contributed by atoms with Crippen LogP contribution >= 0.6 is 0 Å². The van der Waals surface area contributed by atoms with Gasteiger partial charge in [0, 0.05) is 18.7 Å². The molecule has 2 aromatic carbocycles. The fourth-order valence-corrected chi connectivity index (χ4v) is 2.53. The molecular weight excluding hydrogens is 278 g/mol. The second-order valence-electron chi connectivity index (χ2n) is 5.25. The van der Waals surface area contributed by atoms with Gasteiger partial charge < -0.3 is 4.74 Å². The van der Waals surface area contributed by atoms with Crippen LogP contribution < -0.4 is 5.43 Å². The number of rotatable bonds is 4. The van der Waals surface area contributed by atoms with Gasteiger partial charge in [0.2, 0.25) is 0 Å². The van der Waals surface area contributed by atoms with Crippen molar-refractivity contribution in [2.45, 2.75) is 0 Å². The molecule has 3 rings (SSSR count). The molecule has 0 saturated carbocycles. The fraction of sp³-hybridized carbons (Fsp3) is 0.294. The molecule has 1 fully saturated rings. The highest BCUT2D eigenvalue weighted by atomic mass is 16.5. The first kappa shape index (κ1) is 14.7. The van der Waals surface area contributed by atoms with Crippen LogP contribution in [0.3, 0.4) is 0 Å². The standard InChI is InChI=1S/C17H19N3O2/c21-17(13-20-8-10-22-11-9-20)19-18-12-15-6-3-5-14-4-1-2-7-16(14)15/h1-7,12H,8-11,13H2,(H,19,21)/b18-12-. The molecule has 0 spiro atoms. The van der Waals surface area contributed by atoms with E-state index in [0.717, 1.165) is 29.4 Å². The minimum Gasteiger partial charge on any atom is -0.379 e. The predicted molar refractivity (Wildman–Crippen MR) is 86.9 cm³/mol. The van der Waals surface area contributed by atoms with Crippen LogP contribution in [0.1, 0.15) is 5.56 Å². The third-order valence-corrected chi connectivity index (χ3v) is 3.69. The maximum Gasteiger partial charge on any atom is 0.254 e. The van der Waals surface area contributed by atoms with Gasteiger partial charge in [-0.1, -0.05) is 42.5 Å². The van der Waals surface area contributed by atoms with Crippen LogP contribution in [0.2, 0.25) is 0 Å². The van der Waals surface area contributed by atoms with Crippen molar-refractivity contribution in [2.75, 3.05) is 32.8 Å². The van der Waals surface area contributed by atoms with Crippen molar-refractivity contribution in [1.82, 2.24) is 10.3 Å². The molecule has 0 aliphatic carbocycles. The number of nitrogens with zero attached hydrogens (tertiary/aromatic N) is 2. The van der Waals surface area contributed by atoms with E-state index in [1.165, 1.54) is 0 Å². The monoisotopic (exact) mass is 297 g/mol. The van der Waals surface area contributed by atoms with Gasteiger partial charge in [-0.05, 0) is 10.8 Å². The van der Waals surface area contributed by atoms with Crippen molar-refractivity contribution in [1.29, 1.82) is 0 Å². The lowest BCUT2D eigenvalue weighted by atomic mass is 10.1. The summed E-state index contributed by atoms with van der Waals surface area (Å²) in [6.45, 7) is 3.32. The van der Waals surface area contributed by atoms with Crippen molar-refractivity contribution < 1.29 is 9.53 Å². The van der Waals surface area contributed by atoms with Crippen molar-refractivity contribution >= 4 is 22.9 Å². The highest BCUT2D eigenvalue weighted by Crippen LogP contribution is 2.16. The van der Waals surface area contributed by atoms with Crippen molar-refractivity contribution in [3.8, 4) is 0 Å². The molecular formula is C17H19N3O2. The van der Waals surface area contributed by atoms with Crippen molar-refractivity contribution in [2.24, 2.45) is 5.10 Å². The Balaban J connectivity index is 1.60. The fourth-order valence-electron chi connectivity index (χ4n) is 2.53. The SMILES string of the molecule is O=C(CN1CCOCC1)N/N=C\c1cccc2ccccc12. The summed E-state index contributed by atoms with van der Waals surface area (Å²) in [7, 11) is 0. The summed E-state index contributed by atoms with van der Waals surface area (Å²) >= 11 is 0. The molecule has 1 aliphatic heterocycles. The lowest BCUT2D eigenvalue weighted by Crippen LogP contribution is -2.42. The van der Waals surface area contributed by atoms with Crippen LogP contribution in [0.25, 0.3) is 10.8 Å². The molecule has 0 unspecified atom stereocenters. The topological polar surface area (TPSA) is 53.9 Å². The number of morpholine rings is 1. The van der Waals surface area contributed by atoms with E-state index < -0.39 is 0 Å². The van der Waals surface area contributed by atoms with Gasteiger partial charge in [-0.25, -0.2) is 5.43 Å². The first-order chi connectivity index (χ1) is 10.8. The van der Waals surface area contributed by atoms with Gasteiger partial charge in [0.25, 0.3) is 5.91 Å². The summed E-state index contributed by atoms with van der Waals surface area (Å²) in [6, 6.07) is 14.1. The molecule has 0 aromatic heterocycles. The minimum atomic E-state index is -0.0987. The van der Waals surface area contributed by atoms with Gasteiger partial charge in [-0.15, -0.1) is 0 Å². The number of hydrogen-bond donors (Lipinski definition) is 1. The second kappa shape index (κ2) is 7.15. The molecule has 5 heteroatoms. The zero-order valence-corrected chi connectivity index (χ0v) is 12.4. The van der Waals surface area contributed by atoms with Crippen molar-refractivity contribution in [3.05, 3.63) is 48.0 Å². The van der Waals surface area contributed by atoms with Gasteiger partial charge in [0.05, 0.1) is 26.0 Å². The third kappa shape index (κ3) is 3.69. The molecule has 0 radical (unpaired) electrons. The van der Waals surface area contributed by atoms with Crippen molar-refractivity contribution in [3.63, 3.8) is 0 Å². The summed E-state index contributed by atoms with van der Waals surface area (Å²) in [5.74, 6) is -0.0987. The maximum atomic E-state index is 11.9. The van der Waals surface area contributed by atoms with E-state index in [1.807, 2.05) is 30.3 Å². The Labute approximate surface area is 129 Å². The van der Waals surface area contributed by atoms with Crippen LogP contribution in [0, 0.1) is 0 Å². The first-order valence-electron chi connectivity index (χ1n) is 7.43. The van der Waals surface area contributed by atoms with E-state index >= 15 is 0 Å². The van der Waals surface area contributed by atoms with Crippen LogP contribution in [0.4, 0.5) is 0 Å². The Bertz CT molecular complexity index is 673. The lowest BCUT2D eigenvalue weighted by Gasteiger charge is -2.25. The molecule has 1 aliphatic rings. The summed E-state index contributed by atoms with van der Waals surface area (Å²) in [5.41, 5.74) is 3.58. The summed E-state index contributed by atoms with van der Waals surface area (Å²) in [5, 5.41) is 6.35. The lowest BCUT2D eigenvalue weighted by molar-refractivity contribution is -0.123. The molecule has 1 amide bonds. The Morgan fingerprint density at radius 3 is 2.82 bits per heavy atom. The average molecular weight is 297 g/mol. The van der Waals surface area contributed by atoms with Crippen LogP contribution in [0.15, 0.2) is 47.6 Å². The number of amides is 1. The molecule has 1 N–H and O–H groups in total. The number of fused-ring (bicyclic) bond motifs is 1. The van der Waals surface area contributed by atoms with Gasteiger partial charge >= 0.3 is 0 Å². The zero-order chi connectivity index (χ0) is 15.2. The summed E-state index contributed by atoms with van der Waals surface area (Å²) < 4.78 is 5.26. The van der Waals surface area contributed by atoms with E-state index in [-0.39, 0.29) is 5.91 Å². The number of benzene rings is 2. The Morgan fingerprint density at radius 2 is 1.95 bits per heavy atom. The number of carbonyl (C=O) groups excluding carboxylic acids is 1. The number of carbonyl (C=O) groups is 1. The molecule has 5 nitrogen and oxygen atoms in total. The number of ether oxygens (including phenoxy) is 1. The molecule has 114 valence electrons. The van der Waals surface area contributed by atoms with E-state index in [4.69, 9.17) is 4.74 Å². The van der Waals surface area contributed by atoms with Gasteiger partial charge in [0.15, 0.2) is 0 Å². The zero-order valence-electron chi connectivity index (χ0n) is 12.4. The normalized spacial score (nSPS) is 16.2. The van der Waals surface area contributed by atoms with E-state index in [9.17, 15) is 4.79 Å². The maximum absolute atomic E-state index is 11.9. The minimum absolute atomic E-state index is 0.0987. The summed E-state index contributed by atoms with van der Waals surface area (Å²) in [6.07, 6.45) is 1.69. The highest BCUT2D eigenvalue weighted by Gasteiger charge is 2.13. The second-order valence-corrected chi connectivity index (χ2v) is 5.25. The molecule has 1 saturated heterocycles. The average Bonchev–Trinajstić information content (AvgIpc) is 2.56. The molecule has 0 bridgehead atoms. The molecule has 0 atom stereocenters. The van der Waals surface area contributed by atoms with E-state index in [1.54, 1.807) is 6.21 Å². The Kier molecular flexibility index (Phi) is 4.78. The van der Waals surface area contributed by atoms with E-state index in [0.29, 0.717) is 19.8 Å². The predicted octanol–water partition coefficient (Wildman–Crippen LogP) is 1.62. The molecule has 22 heavy (non-hydrogen) atoms. The Hall–Kier alpha value is -2.24. The Morgan fingerprint density at radius 1 is 1.18 bits per heavy atom. The largest absolute Gasteiger partial charge is 0.379 e.